The average molecular weight is 416 g/mol. The first-order valence-corrected chi connectivity index (χ1v) is 11.1. The Kier molecular flexibility index (Phi) is 4.62. The Bertz CT molecular complexity index is 1060. The number of nitrogens with two attached hydrogens (primary N) is 1. The fourth-order valence-corrected chi connectivity index (χ4v) is 5.89. The summed E-state index contributed by atoms with van der Waals surface area (Å²) in [6.07, 6.45) is 0.492. The largest absolute Gasteiger partial charge is 0.444 e. The van der Waals surface area contributed by atoms with Gasteiger partial charge in [-0.05, 0) is 64.3 Å². The van der Waals surface area contributed by atoms with Crippen LogP contribution in [0.5, 0.6) is 0 Å². The number of nitrogens with zero attached hydrogens (tertiary/aromatic N) is 2. The van der Waals surface area contributed by atoms with E-state index in [2.05, 4.69) is 25.1 Å². The molecule has 5 nitrogen and oxygen atoms in total. The minimum absolute atomic E-state index is 0.0590. The third kappa shape index (κ3) is 3.37. The molecular formula is C21H25N3O2S2. The second-order valence-electron chi connectivity index (χ2n) is 8.27. The van der Waals surface area contributed by atoms with E-state index in [1.807, 2.05) is 27.7 Å². The number of hydrogen-bond donors (Lipinski definition) is 1. The predicted octanol–water partition coefficient (Wildman–Crippen LogP) is 5.77. The highest BCUT2D eigenvalue weighted by atomic mass is 32.1. The van der Waals surface area contributed by atoms with Crippen LogP contribution < -0.4 is 5.73 Å². The summed E-state index contributed by atoms with van der Waals surface area (Å²) < 4.78 is 6.75. The Morgan fingerprint density at radius 1 is 1.32 bits per heavy atom. The number of nitrogen functional groups attached to an aromatic ring is 1. The molecule has 7 heteroatoms. The highest BCUT2D eigenvalue weighted by Gasteiger charge is 2.35. The average Bonchev–Trinajstić information content (AvgIpc) is 3.13. The molecule has 2 aromatic heterocycles. The number of carbonyl (C=O) groups is 1. The summed E-state index contributed by atoms with van der Waals surface area (Å²) in [5.74, 6) is 0. The van der Waals surface area contributed by atoms with Crippen LogP contribution >= 0.6 is 22.7 Å². The number of carbonyl (C=O) groups excluding carboxylic acids is 1. The molecule has 3 heterocycles. The van der Waals surface area contributed by atoms with Crippen LogP contribution in [0.3, 0.4) is 0 Å². The molecule has 148 valence electrons. The van der Waals surface area contributed by atoms with Crippen LogP contribution in [0.2, 0.25) is 0 Å². The van der Waals surface area contributed by atoms with E-state index in [-0.39, 0.29) is 12.1 Å². The van der Waals surface area contributed by atoms with Crippen molar-refractivity contribution in [2.45, 2.75) is 52.7 Å². The molecule has 1 atom stereocenters. The number of rotatable bonds is 1. The van der Waals surface area contributed by atoms with E-state index in [0.29, 0.717) is 6.54 Å². The van der Waals surface area contributed by atoms with Gasteiger partial charge in [0.25, 0.3) is 0 Å². The summed E-state index contributed by atoms with van der Waals surface area (Å²) in [4.78, 5) is 20.4. The first-order chi connectivity index (χ1) is 13.1. The Hall–Kier alpha value is -2.12. The Labute approximate surface area is 173 Å². The molecule has 1 aliphatic rings. The second-order valence-corrected chi connectivity index (χ2v) is 10.4. The van der Waals surface area contributed by atoms with Crippen molar-refractivity contribution in [1.82, 2.24) is 9.88 Å². The molecular weight excluding hydrogens is 390 g/mol. The third-order valence-corrected chi connectivity index (χ3v) is 7.19. The van der Waals surface area contributed by atoms with Crippen LogP contribution in [0.15, 0.2) is 18.2 Å². The lowest BCUT2D eigenvalue weighted by atomic mass is 9.99. The zero-order valence-corrected chi connectivity index (χ0v) is 18.5. The van der Waals surface area contributed by atoms with E-state index in [1.54, 1.807) is 27.6 Å². The Morgan fingerprint density at radius 2 is 2.07 bits per heavy atom. The molecule has 1 aliphatic heterocycles. The summed E-state index contributed by atoms with van der Waals surface area (Å²) in [5.41, 5.74) is 10.4. The van der Waals surface area contributed by atoms with Crippen molar-refractivity contribution < 1.29 is 9.53 Å². The lowest BCUT2D eigenvalue weighted by Gasteiger charge is -2.35. The molecule has 0 spiro atoms. The lowest BCUT2D eigenvalue weighted by molar-refractivity contribution is 0.0164. The van der Waals surface area contributed by atoms with Crippen molar-refractivity contribution in [3.8, 4) is 10.6 Å². The number of thiophene rings is 1. The van der Waals surface area contributed by atoms with Gasteiger partial charge in [-0.2, -0.15) is 0 Å². The standard InChI is InChI=1S/C21H25N3O2S2/c1-11-6-7-15-14(10-11)23-19(27-15)16-13-8-9-24(20(25)26-21(3,4)5)12(2)17(13)28-18(16)22/h6-7,10,12H,8-9,22H2,1-5H3. The molecule has 2 N–H and O–H groups in total. The van der Waals surface area contributed by atoms with Crippen LogP contribution in [-0.2, 0) is 11.2 Å². The molecule has 1 amide bonds. The van der Waals surface area contributed by atoms with Gasteiger partial charge >= 0.3 is 6.09 Å². The maximum atomic E-state index is 12.6. The van der Waals surface area contributed by atoms with Gasteiger partial charge in [-0.25, -0.2) is 9.78 Å². The monoisotopic (exact) mass is 415 g/mol. The van der Waals surface area contributed by atoms with Gasteiger partial charge in [-0.1, -0.05) is 6.07 Å². The summed E-state index contributed by atoms with van der Waals surface area (Å²) in [6.45, 7) is 10.4. The number of benzene rings is 1. The second kappa shape index (κ2) is 6.74. The van der Waals surface area contributed by atoms with Gasteiger partial charge in [0.05, 0.1) is 21.3 Å². The van der Waals surface area contributed by atoms with Crippen LogP contribution in [-0.4, -0.2) is 28.1 Å². The van der Waals surface area contributed by atoms with Gasteiger partial charge in [0, 0.05) is 17.0 Å². The maximum Gasteiger partial charge on any atom is 0.410 e. The fraction of sp³-hybridized carbons (Fsp3) is 0.429. The normalized spacial score (nSPS) is 17.0. The molecule has 0 radical (unpaired) electrons. The van der Waals surface area contributed by atoms with Crippen molar-refractivity contribution in [2.75, 3.05) is 12.3 Å². The number of fused-ring (bicyclic) bond motifs is 2. The predicted molar refractivity (Wildman–Crippen MR) is 117 cm³/mol. The van der Waals surface area contributed by atoms with Crippen molar-refractivity contribution in [3.05, 3.63) is 34.2 Å². The minimum atomic E-state index is -0.504. The summed E-state index contributed by atoms with van der Waals surface area (Å²) in [7, 11) is 0. The highest BCUT2D eigenvalue weighted by molar-refractivity contribution is 7.22. The SMILES string of the molecule is Cc1ccc2sc(-c3c(N)sc4c3CCN(C(=O)OC(C)(C)C)C4C)nc2c1. The number of anilines is 1. The number of hydrogen-bond acceptors (Lipinski definition) is 6. The molecule has 4 rings (SSSR count). The van der Waals surface area contributed by atoms with E-state index in [4.69, 9.17) is 15.5 Å². The molecule has 1 unspecified atom stereocenters. The molecule has 28 heavy (non-hydrogen) atoms. The van der Waals surface area contributed by atoms with Crippen molar-refractivity contribution in [2.24, 2.45) is 0 Å². The highest BCUT2D eigenvalue weighted by Crippen LogP contribution is 2.47. The number of amides is 1. The van der Waals surface area contributed by atoms with Crippen LogP contribution in [0, 0.1) is 6.92 Å². The Morgan fingerprint density at radius 3 is 2.79 bits per heavy atom. The number of aryl methyl sites for hydroxylation is 1. The molecule has 3 aromatic rings. The van der Waals surface area contributed by atoms with Crippen LogP contribution in [0.1, 0.15) is 49.7 Å². The van der Waals surface area contributed by atoms with Crippen LogP contribution in [0.4, 0.5) is 9.80 Å². The molecule has 0 saturated heterocycles. The zero-order valence-electron chi connectivity index (χ0n) is 16.8. The number of aromatic nitrogens is 1. The summed E-state index contributed by atoms with van der Waals surface area (Å²) in [6, 6.07) is 6.28. The molecule has 0 aliphatic carbocycles. The van der Waals surface area contributed by atoms with E-state index in [1.165, 1.54) is 15.8 Å². The molecule has 0 saturated carbocycles. The van der Waals surface area contributed by atoms with E-state index in [9.17, 15) is 4.79 Å². The molecule has 0 fully saturated rings. The first kappa shape index (κ1) is 19.2. The van der Waals surface area contributed by atoms with Crippen molar-refractivity contribution >= 4 is 44.0 Å². The van der Waals surface area contributed by atoms with Gasteiger partial charge in [0.15, 0.2) is 0 Å². The van der Waals surface area contributed by atoms with E-state index in [0.717, 1.165) is 32.4 Å². The van der Waals surface area contributed by atoms with Gasteiger partial charge in [-0.15, -0.1) is 22.7 Å². The van der Waals surface area contributed by atoms with Crippen molar-refractivity contribution in [3.63, 3.8) is 0 Å². The number of thiazole rings is 1. The fourth-order valence-electron chi connectivity index (χ4n) is 3.60. The zero-order chi connectivity index (χ0) is 20.2. The topological polar surface area (TPSA) is 68.5 Å². The van der Waals surface area contributed by atoms with Gasteiger partial charge in [0.1, 0.15) is 10.6 Å². The maximum absolute atomic E-state index is 12.6. The van der Waals surface area contributed by atoms with Gasteiger partial charge in [-0.3, -0.25) is 0 Å². The van der Waals surface area contributed by atoms with E-state index >= 15 is 0 Å². The van der Waals surface area contributed by atoms with Gasteiger partial charge < -0.3 is 15.4 Å². The molecule has 1 aromatic carbocycles. The van der Waals surface area contributed by atoms with Gasteiger partial charge in [0.2, 0.25) is 0 Å². The Balaban J connectivity index is 1.70. The summed E-state index contributed by atoms with van der Waals surface area (Å²) in [5, 5.41) is 1.74. The molecule has 0 bridgehead atoms. The lowest BCUT2D eigenvalue weighted by Crippen LogP contribution is -2.41. The minimum Gasteiger partial charge on any atom is -0.444 e. The summed E-state index contributed by atoms with van der Waals surface area (Å²) >= 11 is 3.24. The third-order valence-electron chi connectivity index (χ3n) is 4.90. The van der Waals surface area contributed by atoms with E-state index < -0.39 is 5.60 Å². The number of ether oxygens (including phenoxy) is 1. The quantitative estimate of drug-likeness (QED) is 0.548. The smallest absolute Gasteiger partial charge is 0.410 e. The van der Waals surface area contributed by atoms with Crippen molar-refractivity contribution in [1.29, 1.82) is 0 Å². The first-order valence-electron chi connectivity index (χ1n) is 9.42. The van der Waals surface area contributed by atoms with Crippen LogP contribution in [0.25, 0.3) is 20.8 Å².